The topological polar surface area (TPSA) is 106 Å². The molecule has 3 aliphatic rings. The van der Waals surface area contributed by atoms with E-state index in [-0.39, 0.29) is 0 Å². The number of fused-ring (bicyclic) bond motifs is 1. The van der Waals surface area contributed by atoms with E-state index >= 15 is 0 Å². The zero-order valence-corrected chi connectivity index (χ0v) is 20.7. The van der Waals surface area contributed by atoms with Gasteiger partial charge in [0.05, 0.1) is 6.33 Å². The molecule has 5 rings (SSSR count). The van der Waals surface area contributed by atoms with Gasteiger partial charge in [0.1, 0.15) is 0 Å². The van der Waals surface area contributed by atoms with Crippen LogP contribution in [0.5, 0.6) is 0 Å². The normalized spacial score (nSPS) is 25.2. The van der Waals surface area contributed by atoms with E-state index in [1.54, 1.807) is 7.11 Å². The molecule has 0 amide bonds. The predicted octanol–water partition coefficient (Wildman–Crippen LogP) is 3.54. The Morgan fingerprint density at radius 1 is 0.971 bits per heavy atom. The number of likely N-dealkylation sites (tertiary alicyclic amines) is 1. The van der Waals surface area contributed by atoms with E-state index in [4.69, 9.17) is 25.4 Å². The average molecular weight is 471 g/mol. The monoisotopic (exact) mass is 470 g/mol. The lowest BCUT2D eigenvalue weighted by atomic mass is 9.92. The van der Waals surface area contributed by atoms with Crippen molar-refractivity contribution >= 4 is 22.9 Å². The number of nitrogens with one attached hydrogen (secondary N) is 2. The molecule has 9 heteroatoms. The largest absolute Gasteiger partial charge is 0.385 e. The first kappa shape index (κ1) is 23.8. The van der Waals surface area contributed by atoms with Gasteiger partial charge in [0, 0.05) is 57.5 Å². The van der Waals surface area contributed by atoms with Crippen molar-refractivity contribution in [2.45, 2.75) is 94.8 Å². The third-order valence-corrected chi connectivity index (χ3v) is 8.00. The number of methoxy groups -OCH3 is 1. The van der Waals surface area contributed by atoms with Gasteiger partial charge in [-0.1, -0.05) is 12.8 Å². The second-order valence-electron chi connectivity index (χ2n) is 10.5. The maximum Gasteiger partial charge on any atom is 0.227 e. The van der Waals surface area contributed by atoms with E-state index in [1.165, 1.54) is 25.7 Å². The molecule has 0 radical (unpaired) electrons. The lowest BCUT2D eigenvalue weighted by Gasteiger charge is -2.32. The van der Waals surface area contributed by atoms with Crippen LogP contribution in [0.1, 0.15) is 76.7 Å². The fraction of sp³-hybridized carbons (Fsp3) is 0.800. The Bertz CT molecular complexity index is 911. The van der Waals surface area contributed by atoms with Crippen LogP contribution in [0.25, 0.3) is 11.2 Å². The van der Waals surface area contributed by atoms with Gasteiger partial charge in [-0.2, -0.15) is 9.97 Å². The molecule has 0 unspecified atom stereocenters. The Balaban J connectivity index is 1.32. The number of rotatable bonds is 9. The smallest absolute Gasteiger partial charge is 0.227 e. The van der Waals surface area contributed by atoms with Crippen LogP contribution >= 0.6 is 0 Å². The quantitative estimate of drug-likeness (QED) is 0.478. The molecule has 0 aromatic carbocycles. The third-order valence-electron chi connectivity index (χ3n) is 8.00. The first-order valence-electron chi connectivity index (χ1n) is 13.4. The van der Waals surface area contributed by atoms with Crippen LogP contribution in [-0.2, 0) is 4.74 Å². The standard InChI is InChI=1S/C25H42N8O/c1-34-16-4-13-32-14-11-20(12-15-32)28-23-22-24(33(17-27-22)21-5-2-3-6-21)31-25(30-23)29-19-9-7-18(26)8-10-19/h17-21H,2-16,26H2,1H3,(H2,28,29,30,31). The van der Waals surface area contributed by atoms with Gasteiger partial charge in [-0.3, -0.25) is 0 Å². The summed E-state index contributed by atoms with van der Waals surface area (Å²) in [5.74, 6) is 1.61. The summed E-state index contributed by atoms with van der Waals surface area (Å²) in [5.41, 5.74) is 8.00. The fourth-order valence-corrected chi connectivity index (χ4v) is 5.90. The van der Waals surface area contributed by atoms with Gasteiger partial charge in [-0.15, -0.1) is 0 Å². The van der Waals surface area contributed by atoms with Gasteiger partial charge >= 0.3 is 0 Å². The highest BCUT2D eigenvalue weighted by atomic mass is 16.5. The summed E-state index contributed by atoms with van der Waals surface area (Å²) in [5, 5.41) is 7.40. The number of nitrogens with zero attached hydrogens (tertiary/aromatic N) is 5. The minimum Gasteiger partial charge on any atom is -0.385 e. The zero-order valence-electron chi connectivity index (χ0n) is 20.7. The predicted molar refractivity (Wildman–Crippen MR) is 136 cm³/mol. The van der Waals surface area contributed by atoms with Gasteiger partial charge in [-0.05, 0) is 57.8 Å². The minimum absolute atomic E-state index is 0.336. The lowest BCUT2D eigenvalue weighted by molar-refractivity contribution is 0.159. The van der Waals surface area contributed by atoms with Gasteiger partial charge in [-0.25, -0.2) is 4.98 Å². The van der Waals surface area contributed by atoms with Crippen molar-refractivity contribution in [2.75, 3.05) is 44.0 Å². The maximum absolute atomic E-state index is 6.12. The van der Waals surface area contributed by atoms with Crippen molar-refractivity contribution in [3.63, 3.8) is 0 Å². The Hall–Kier alpha value is -1.97. The van der Waals surface area contributed by atoms with Crippen LogP contribution < -0.4 is 16.4 Å². The van der Waals surface area contributed by atoms with Crippen LogP contribution in [0.15, 0.2) is 6.33 Å². The summed E-state index contributed by atoms with van der Waals surface area (Å²) >= 11 is 0. The second kappa shape index (κ2) is 11.2. The van der Waals surface area contributed by atoms with E-state index < -0.39 is 0 Å². The van der Waals surface area contributed by atoms with Crippen molar-refractivity contribution in [1.29, 1.82) is 0 Å². The summed E-state index contributed by atoms with van der Waals surface area (Å²) in [7, 11) is 1.78. The van der Waals surface area contributed by atoms with Crippen molar-refractivity contribution < 1.29 is 4.74 Å². The Morgan fingerprint density at radius 2 is 1.71 bits per heavy atom. The van der Waals surface area contributed by atoms with Gasteiger partial charge in [0.15, 0.2) is 17.0 Å². The van der Waals surface area contributed by atoms with Crippen molar-refractivity contribution in [1.82, 2.24) is 24.4 Å². The van der Waals surface area contributed by atoms with Crippen molar-refractivity contribution in [3.05, 3.63) is 6.33 Å². The molecule has 188 valence electrons. The number of piperidine rings is 1. The van der Waals surface area contributed by atoms with Gasteiger partial charge in [0.25, 0.3) is 0 Å². The average Bonchev–Trinajstić information content (AvgIpc) is 3.52. The SMILES string of the molecule is COCCCN1CCC(Nc2nc(NC3CCC(N)CC3)nc3c2ncn3C2CCCC2)CC1. The van der Waals surface area contributed by atoms with Crippen molar-refractivity contribution in [3.8, 4) is 0 Å². The number of imidazole rings is 1. The number of anilines is 2. The molecular formula is C25H42N8O. The van der Waals surface area contributed by atoms with Crippen LogP contribution in [0.3, 0.4) is 0 Å². The molecule has 3 heterocycles. The first-order valence-corrected chi connectivity index (χ1v) is 13.4. The van der Waals surface area contributed by atoms with E-state index in [2.05, 4.69) is 20.1 Å². The Morgan fingerprint density at radius 3 is 2.44 bits per heavy atom. The number of ether oxygens (including phenoxy) is 1. The molecule has 1 aliphatic heterocycles. The van der Waals surface area contributed by atoms with E-state index in [9.17, 15) is 0 Å². The lowest BCUT2D eigenvalue weighted by Crippen LogP contribution is -2.40. The summed E-state index contributed by atoms with van der Waals surface area (Å²) in [4.78, 5) is 17.3. The number of hydrogen-bond donors (Lipinski definition) is 3. The second-order valence-corrected chi connectivity index (χ2v) is 10.5. The van der Waals surface area contributed by atoms with Crippen molar-refractivity contribution in [2.24, 2.45) is 5.73 Å². The molecule has 3 fully saturated rings. The van der Waals surface area contributed by atoms with Crippen LogP contribution in [0.2, 0.25) is 0 Å². The Kier molecular flexibility index (Phi) is 7.81. The Labute approximate surface area is 203 Å². The maximum atomic E-state index is 6.12. The molecular weight excluding hydrogens is 428 g/mol. The number of aromatic nitrogens is 4. The molecule has 0 spiro atoms. The molecule has 2 aromatic rings. The number of nitrogens with two attached hydrogens (primary N) is 1. The fourth-order valence-electron chi connectivity index (χ4n) is 5.90. The highest BCUT2D eigenvalue weighted by Crippen LogP contribution is 2.33. The highest BCUT2D eigenvalue weighted by Gasteiger charge is 2.26. The zero-order chi connectivity index (χ0) is 23.3. The van der Waals surface area contributed by atoms with Gasteiger partial charge in [0.2, 0.25) is 5.95 Å². The van der Waals surface area contributed by atoms with E-state index in [0.29, 0.717) is 24.2 Å². The summed E-state index contributed by atoms with van der Waals surface area (Å²) in [6, 6.07) is 1.64. The summed E-state index contributed by atoms with van der Waals surface area (Å²) in [6.45, 7) is 4.17. The molecule has 34 heavy (non-hydrogen) atoms. The first-order chi connectivity index (χ1) is 16.7. The molecule has 4 N–H and O–H groups in total. The highest BCUT2D eigenvalue weighted by molar-refractivity contribution is 5.84. The molecule has 0 bridgehead atoms. The number of hydrogen-bond acceptors (Lipinski definition) is 8. The van der Waals surface area contributed by atoms with Gasteiger partial charge < -0.3 is 30.6 Å². The molecule has 2 aromatic heterocycles. The molecule has 1 saturated heterocycles. The molecule has 2 saturated carbocycles. The summed E-state index contributed by atoms with van der Waals surface area (Å²) < 4.78 is 7.51. The van der Waals surface area contributed by atoms with E-state index in [1.807, 2.05) is 6.33 Å². The minimum atomic E-state index is 0.336. The van der Waals surface area contributed by atoms with Crippen LogP contribution in [-0.4, -0.2) is 75.9 Å². The van der Waals surface area contributed by atoms with Crippen LogP contribution in [0, 0.1) is 0 Å². The van der Waals surface area contributed by atoms with Crippen LogP contribution in [0.4, 0.5) is 11.8 Å². The summed E-state index contributed by atoms with van der Waals surface area (Å²) in [6.07, 6.45) is 14.6. The van der Waals surface area contributed by atoms with E-state index in [0.717, 1.165) is 94.1 Å². The molecule has 2 aliphatic carbocycles. The third kappa shape index (κ3) is 5.63. The molecule has 9 nitrogen and oxygen atoms in total. The molecule has 0 atom stereocenters.